The summed E-state index contributed by atoms with van der Waals surface area (Å²) in [5.41, 5.74) is -2.26. The second-order valence-electron chi connectivity index (χ2n) is 32.8. The van der Waals surface area contributed by atoms with Gasteiger partial charge >= 0.3 is 59.9 Å². The molecule has 3 saturated heterocycles. The van der Waals surface area contributed by atoms with Crippen LogP contribution < -0.4 is 0 Å². The van der Waals surface area contributed by atoms with Crippen molar-refractivity contribution in [2.24, 2.45) is 142 Å². The number of amides is 2. The van der Waals surface area contributed by atoms with Gasteiger partial charge in [0.1, 0.15) is 23.4 Å². The Morgan fingerprint density at radius 3 is 1.23 bits per heavy atom. The number of carboxylic acid groups (broad SMARTS) is 2. The average molecular weight is 1450 g/mol. The van der Waals surface area contributed by atoms with E-state index >= 15 is 9.59 Å². The Labute approximate surface area is 614 Å². The van der Waals surface area contributed by atoms with Gasteiger partial charge in [0.2, 0.25) is 0 Å². The molecule has 2 amide bonds. The Bertz CT molecular complexity index is 2880. The first-order chi connectivity index (χ1) is 43.3. The number of piperidine rings is 2. The van der Waals surface area contributed by atoms with Gasteiger partial charge < -0.3 is 58.3 Å². The lowest BCUT2D eigenvalue weighted by Crippen LogP contribution is -2.56. The first kappa shape index (κ1) is 94.5. The fraction of sp³-hybridized carbons (Fsp3) is 0.875. The first-order valence-corrected chi connectivity index (χ1v) is 34.8. The number of likely N-dealkylation sites (tertiary alicyclic amines) is 2. The molecule has 22 nitrogen and oxygen atoms in total. The second-order valence-corrected chi connectivity index (χ2v) is 32.8. The Kier molecular flexibility index (Phi) is 33.5. The highest BCUT2D eigenvalue weighted by atomic mass is 16.6. The molecule has 3 heterocycles. The summed E-state index contributed by atoms with van der Waals surface area (Å²) in [6, 6.07) is -0.661. The zero-order valence-electron chi connectivity index (χ0n) is 55.8. The molecule has 26 unspecified atom stereocenters. The molecule has 8 bridgehead atoms. The van der Waals surface area contributed by atoms with Gasteiger partial charge in [-0.05, 0) is 234 Å². The van der Waals surface area contributed by atoms with E-state index in [0.29, 0.717) is 45.2 Å². The summed E-state index contributed by atoms with van der Waals surface area (Å²) in [7, 11) is 0. The number of fused-ring (bicyclic) bond motifs is 8. The quantitative estimate of drug-likeness (QED) is 0.0652. The van der Waals surface area contributed by atoms with E-state index in [2.05, 4.69) is 6.92 Å². The van der Waals surface area contributed by atoms with Gasteiger partial charge in [-0.15, -0.1) is 0 Å². The monoisotopic (exact) mass is 1450 g/mol. The van der Waals surface area contributed by atoms with E-state index in [4.69, 9.17) is 33.2 Å². The minimum atomic E-state index is -1.40. The molecule has 0 spiro atoms. The van der Waals surface area contributed by atoms with E-state index < -0.39 is 178 Å². The molecule has 11 rings (SSSR count). The number of esters is 6. The summed E-state index contributed by atoms with van der Waals surface area (Å²) in [5, 5.41) is 32.7. The third kappa shape index (κ3) is 17.8. The minimum Gasteiger partial charge on any atom is -0.481 e. The molecular weight excluding hydrogens is 1310 g/mol. The number of aliphatic hydroxyl groups excluding tert-OH is 1. The molecule has 8 saturated carbocycles. The summed E-state index contributed by atoms with van der Waals surface area (Å²) in [6.07, 6.45) is 6.85. The Hall–Kier alpha value is -5.54. The smallest absolute Gasteiger partial charge is 0.410 e. The number of hydrogen-bond donors (Lipinski definition) is 3. The lowest BCUT2D eigenvalue weighted by atomic mass is 9.49. The van der Waals surface area contributed by atoms with Gasteiger partial charge in [-0.1, -0.05) is 88.1 Å². The zero-order valence-corrected chi connectivity index (χ0v) is 55.8. The maximum atomic E-state index is 15.7. The summed E-state index contributed by atoms with van der Waals surface area (Å²) >= 11 is 0. The van der Waals surface area contributed by atoms with Crippen molar-refractivity contribution in [2.45, 2.75) is 269 Å². The number of cyclic esters (lactones) is 2. The van der Waals surface area contributed by atoms with E-state index in [0.717, 1.165) is 32.1 Å². The van der Waals surface area contributed by atoms with E-state index in [1.807, 2.05) is 20.8 Å². The predicted octanol–water partition coefficient (Wildman–Crippen LogP) is 15.2. The van der Waals surface area contributed by atoms with Crippen LogP contribution in [0.25, 0.3) is 0 Å². The standard InChI is InChI=1S/C70H102N2O20.10CH4/c1-32-34-26-38(41(27-34)62(80)90-68(3,4)5)46(32)48-35-28-39(40(29-35)61(79)88-25-22-73)49(48)51-42-30-43(55(59(76)77)54(42)58(74)75)52(51)53-45-31-44(50(53)47-33(2)60(78)89-65(47)83)56(63(81)86-23-18-36-16-12-14-20-71(36)66(84)91-69(6,7)8)57(45)64(82)87-24-19-37-17-13-15-21-72(37)67(85)92-70(9,10)11;;;;;;;;;;/h32-57,73H,12-31H2,1-11H3,(H,74,75)(H,76,77);10*1H4. The van der Waals surface area contributed by atoms with Crippen LogP contribution in [0.1, 0.15) is 240 Å². The molecule has 0 aromatic heterocycles. The predicted molar refractivity (Wildman–Crippen MR) is 393 cm³/mol. The Morgan fingerprint density at radius 2 is 0.814 bits per heavy atom. The number of nitrogens with zero attached hydrogens (tertiary/aromatic N) is 2. The summed E-state index contributed by atoms with van der Waals surface area (Å²) < 4.78 is 41.6. The van der Waals surface area contributed by atoms with Crippen molar-refractivity contribution in [1.82, 2.24) is 9.80 Å². The van der Waals surface area contributed by atoms with Gasteiger partial charge in [0, 0.05) is 38.0 Å². The summed E-state index contributed by atoms with van der Waals surface area (Å²) in [4.78, 5) is 147. The lowest BCUT2D eigenvalue weighted by molar-refractivity contribution is -0.176. The number of hydrogen-bond acceptors (Lipinski definition) is 18. The summed E-state index contributed by atoms with van der Waals surface area (Å²) in [5.74, 6) is -21.9. The van der Waals surface area contributed by atoms with Crippen LogP contribution in [0.3, 0.4) is 0 Å². The van der Waals surface area contributed by atoms with Crippen molar-refractivity contribution in [3.63, 3.8) is 0 Å². The highest BCUT2D eigenvalue weighted by Gasteiger charge is 2.76. The lowest BCUT2D eigenvalue weighted by Gasteiger charge is -2.54. The van der Waals surface area contributed by atoms with Crippen LogP contribution in [-0.4, -0.2) is 153 Å². The van der Waals surface area contributed by atoms with Crippen LogP contribution in [0.2, 0.25) is 0 Å². The number of carbonyl (C=O) groups excluding carboxylic acids is 8. The molecule has 592 valence electrons. The third-order valence-electron chi connectivity index (χ3n) is 24.7. The van der Waals surface area contributed by atoms with E-state index in [1.54, 1.807) is 58.3 Å². The van der Waals surface area contributed by atoms with Crippen molar-refractivity contribution in [3.8, 4) is 0 Å². The molecule has 0 aromatic carbocycles. The van der Waals surface area contributed by atoms with Crippen molar-refractivity contribution >= 4 is 59.9 Å². The molecular formula is C80H142N2O20. The highest BCUT2D eigenvalue weighted by Crippen LogP contribution is 2.76. The number of ether oxygens (including phenoxy) is 7. The fourth-order valence-corrected chi connectivity index (χ4v) is 22.1. The van der Waals surface area contributed by atoms with Crippen LogP contribution in [0.4, 0.5) is 9.59 Å². The number of carboxylic acids is 2. The SMILES string of the molecule is C.C.C.C.C.C.C.C.C.C.CC1C(=O)OC(=O)C1C1C2CC(C(C(=O)OCCC3CCCCN3C(=O)OC(C)(C)C)C2C(=O)OCCC2CCCCN2C(=O)OC(C)(C)C)C1C1C2CC(C(C(=O)O)C2C(=O)O)C1C1C2CC(CC2C(=O)OCCO)C1C1C(C)C2CC(C(=O)OC(C)(C)C)C1C2. The maximum absolute atomic E-state index is 15.7. The van der Waals surface area contributed by atoms with Crippen LogP contribution in [-0.2, 0) is 71.5 Å². The van der Waals surface area contributed by atoms with Crippen LogP contribution in [0, 0.1) is 142 Å². The van der Waals surface area contributed by atoms with E-state index in [-0.39, 0.29) is 179 Å². The third-order valence-corrected chi connectivity index (χ3v) is 24.7. The van der Waals surface area contributed by atoms with Crippen LogP contribution in [0.5, 0.6) is 0 Å². The zero-order chi connectivity index (χ0) is 66.5. The van der Waals surface area contributed by atoms with E-state index in [1.165, 1.54) is 0 Å². The summed E-state index contributed by atoms with van der Waals surface area (Å²) in [6.45, 7) is 20.1. The topological polar surface area (TPSA) is 302 Å². The van der Waals surface area contributed by atoms with Crippen molar-refractivity contribution < 1.29 is 96.4 Å². The molecule has 11 fully saturated rings. The van der Waals surface area contributed by atoms with Gasteiger partial charge in [-0.2, -0.15) is 0 Å². The van der Waals surface area contributed by atoms with Gasteiger partial charge in [-0.25, -0.2) is 9.59 Å². The number of rotatable bonds is 18. The second kappa shape index (κ2) is 36.2. The van der Waals surface area contributed by atoms with Gasteiger partial charge in [0.15, 0.2) is 0 Å². The number of carbonyl (C=O) groups is 10. The van der Waals surface area contributed by atoms with Gasteiger partial charge in [-0.3, -0.25) is 38.4 Å². The van der Waals surface area contributed by atoms with Gasteiger partial charge in [0.05, 0.1) is 67.2 Å². The molecule has 11 aliphatic rings. The molecule has 22 heteroatoms. The maximum Gasteiger partial charge on any atom is 0.410 e. The first-order valence-electron chi connectivity index (χ1n) is 34.8. The van der Waals surface area contributed by atoms with Crippen molar-refractivity contribution in [1.29, 1.82) is 0 Å². The van der Waals surface area contributed by atoms with Gasteiger partial charge in [0.25, 0.3) is 0 Å². The number of aliphatic hydroxyl groups is 1. The van der Waals surface area contributed by atoms with Crippen LogP contribution >= 0.6 is 0 Å². The molecule has 0 radical (unpaired) electrons. The largest absolute Gasteiger partial charge is 0.481 e. The van der Waals surface area contributed by atoms with Crippen molar-refractivity contribution in [2.75, 3.05) is 39.5 Å². The fourth-order valence-electron chi connectivity index (χ4n) is 22.1. The molecule has 0 aromatic rings. The van der Waals surface area contributed by atoms with Crippen molar-refractivity contribution in [3.05, 3.63) is 0 Å². The molecule has 102 heavy (non-hydrogen) atoms. The van der Waals surface area contributed by atoms with Crippen LogP contribution in [0.15, 0.2) is 0 Å². The Balaban J connectivity index is 0.00000520. The molecule has 3 aliphatic heterocycles. The average Bonchev–Trinajstić information content (AvgIpc) is 1.51. The molecule has 26 atom stereocenters. The highest BCUT2D eigenvalue weighted by molar-refractivity contribution is 5.97. The molecule has 8 aliphatic carbocycles. The van der Waals surface area contributed by atoms with E-state index in [9.17, 15) is 53.7 Å². The molecule has 3 N–H and O–H groups in total. The normalized spacial score (nSPS) is 37.0. The number of aliphatic carboxylic acids is 2. The Morgan fingerprint density at radius 1 is 0.431 bits per heavy atom. The minimum absolute atomic E-state index is 0.